The smallest absolute Gasteiger partial charge is 0.414 e. The van der Waals surface area contributed by atoms with Crippen LogP contribution in [0, 0.1) is 20.2 Å². The molecular formula is C38H38F4N4O24P2. The van der Waals surface area contributed by atoms with Gasteiger partial charge in [0.2, 0.25) is 11.8 Å². The van der Waals surface area contributed by atoms with Crippen molar-refractivity contribution in [3.05, 3.63) is 115 Å². The van der Waals surface area contributed by atoms with E-state index in [0.717, 1.165) is 6.07 Å². The average Bonchev–Trinajstić information content (AvgIpc) is 3.31. The second kappa shape index (κ2) is 19.8. The van der Waals surface area contributed by atoms with E-state index in [0.29, 0.717) is 54.6 Å². The molecule has 4 aromatic rings. The molecule has 2 saturated heterocycles. The van der Waals surface area contributed by atoms with Gasteiger partial charge in [-0.15, -0.1) is 0 Å². The van der Waals surface area contributed by atoms with Crippen LogP contribution in [0.1, 0.15) is 31.8 Å². The lowest BCUT2D eigenvalue weighted by Crippen LogP contribution is -2.70. The lowest BCUT2D eigenvalue weighted by atomic mass is 9.98. The molecule has 0 unspecified atom stereocenters. The predicted molar refractivity (Wildman–Crippen MR) is 223 cm³/mol. The largest absolute Gasteiger partial charge is 0.436 e. The summed E-state index contributed by atoms with van der Waals surface area (Å²) in [6, 6.07) is 5.46. The number of amides is 2. The third-order valence-electron chi connectivity index (χ3n) is 10.9. The summed E-state index contributed by atoms with van der Waals surface area (Å²) in [7, 11) is -14.0. The first kappa shape index (κ1) is 55.4. The highest BCUT2D eigenvalue weighted by atomic mass is 31.2. The van der Waals surface area contributed by atoms with Crippen LogP contribution in [0.25, 0.3) is 10.8 Å². The van der Waals surface area contributed by atoms with Crippen LogP contribution in [0.5, 0.6) is 11.5 Å². The number of carbonyl (C=O) groups is 2. The first-order valence-corrected chi connectivity index (χ1v) is 23.0. The Hall–Kier alpha value is -5.90. The number of fused-ring (bicyclic) bond motifs is 1. The molecule has 34 heteroatoms. The van der Waals surface area contributed by atoms with Gasteiger partial charge in [0.25, 0.3) is 11.4 Å². The van der Waals surface area contributed by atoms with Crippen molar-refractivity contribution in [1.29, 1.82) is 0 Å². The fraction of sp³-hybridized carbons (Fsp3) is 0.368. The summed E-state index contributed by atoms with van der Waals surface area (Å²) in [4.78, 5) is 64.7. The van der Waals surface area contributed by atoms with E-state index in [1.165, 1.54) is 0 Å². The van der Waals surface area contributed by atoms with Crippen molar-refractivity contribution in [3.63, 3.8) is 0 Å². The molecule has 28 nitrogen and oxygen atoms in total. The Kier molecular flexibility index (Phi) is 15.3. The van der Waals surface area contributed by atoms with Gasteiger partial charge in [-0.1, -0.05) is 24.3 Å². The van der Waals surface area contributed by atoms with Gasteiger partial charge in [-0.3, -0.25) is 38.9 Å². The Labute approximate surface area is 397 Å². The van der Waals surface area contributed by atoms with E-state index in [-0.39, 0.29) is 17.5 Å². The zero-order chi connectivity index (χ0) is 53.8. The van der Waals surface area contributed by atoms with Crippen molar-refractivity contribution in [2.75, 3.05) is 13.2 Å². The number of primary amides is 2. The average molecular weight is 1070 g/mol. The Morgan fingerprint density at radius 2 is 1.00 bits per heavy atom. The maximum Gasteiger partial charge on any atom is 0.414 e. The van der Waals surface area contributed by atoms with E-state index in [4.69, 9.17) is 39.5 Å². The van der Waals surface area contributed by atoms with Crippen molar-refractivity contribution in [3.8, 4) is 11.5 Å². The number of non-ortho nitro benzene ring substituents is 2. The zero-order valence-electron chi connectivity index (χ0n) is 35.6. The summed E-state index contributed by atoms with van der Waals surface area (Å²) in [6.07, 6.45) is -22.2. The Morgan fingerprint density at radius 3 is 1.33 bits per heavy atom. The number of aliphatic hydroxyl groups is 8. The maximum absolute atomic E-state index is 18.0. The van der Waals surface area contributed by atoms with Gasteiger partial charge in [-0.2, -0.15) is 17.6 Å². The molecule has 14 N–H and O–H groups in total. The van der Waals surface area contributed by atoms with E-state index in [9.17, 15) is 93.8 Å². The third kappa shape index (κ3) is 10.2. The maximum atomic E-state index is 18.0. The first-order chi connectivity index (χ1) is 33.3. The van der Waals surface area contributed by atoms with Crippen molar-refractivity contribution >= 4 is 49.2 Å². The van der Waals surface area contributed by atoms with Crippen molar-refractivity contribution in [2.24, 2.45) is 11.5 Å². The minimum Gasteiger partial charge on any atom is -0.436 e. The van der Waals surface area contributed by atoms with Crippen LogP contribution in [-0.4, -0.2) is 146 Å². The lowest BCUT2D eigenvalue weighted by Gasteiger charge is -2.50. The number of nitro benzene ring substituents is 2. The van der Waals surface area contributed by atoms with Gasteiger partial charge in [0, 0.05) is 34.4 Å². The number of ether oxygens (including phenoxy) is 4. The summed E-state index contributed by atoms with van der Waals surface area (Å²) in [5, 5.41) is 110. The number of nitrogens with two attached hydrogens (primary N) is 2. The van der Waals surface area contributed by atoms with Crippen molar-refractivity contribution < 1.29 is 125 Å². The minimum absolute atomic E-state index is 0.203. The summed E-state index contributed by atoms with van der Waals surface area (Å²) >= 11 is 0. The number of benzene rings is 4. The van der Waals surface area contributed by atoms with Crippen LogP contribution in [0.4, 0.5) is 28.9 Å². The Morgan fingerprint density at radius 1 is 0.625 bits per heavy atom. The van der Waals surface area contributed by atoms with Gasteiger partial charge in [0.1, 0.15) is 48.1 Å². The van der Waals surface area contributed by atoms with Gasteiger partial charge in [-0.25, -0.2) is 9.05 Å². The quantitative estimate of drug-likeness (QED) is 0.0201. The van der Waals surface area contributed by atoms with E-state index in [1.807, 2.05) is 0 Å². The molecule has 2 heterocycles. The number of halogens is 4. The number of hydrogen-bond donors (Lipinski definition) is 12. The lowest BCUT2D eigenvalue weighted by molar-refractivity contribution is -0.430. The molecule has 0 bridgehead atoms. The second-order valence-corrected chi connectivity index (χ2v) is 19.3. The van der Waals surface area contributed by atoms with Crippen LogP contribution in [-0.2, 0) is 39.0 Å². The van der Waals surface area contributed by atoms with E-state index < -0.39 is 173 Å². The molecule has 4 aromatic carbocycles. The molecule has 0 saturated carbocycles. The van der Waals surface area contributed by atoms with Crippen LogP contribution in [0.15, 0.2) is 72.8 Å². The fourth-order valence-electron chi connectivity index (χ4n) is 7.10. The summed E-state index contributed by atoms with van der Waals surface area (Å²) in [6.45, 7) is -3.05. The number of hydrogen-bond acceptors (Lipinski definition) is 22. The van der Waals surface area contributed by atoms with Gasteiger partial charge in [0.05, 0.1) is 35.2 Å². The molecular weight excluding hydrogens is 1030 g/mol. The normalized spacial score (nSPS) is 27.2. The monoisotopic (exact) mass is 1070 g/mol. The molecule has 2 aliphatic rings. The molecule has 2 amide bonds. The number of nitrogens with zero attached hydrogens (tertiary/aromatic N) is 2. The summed E-state index contributed by atoms with van der Waals surface area (Å²) in [5.41, 5.74) is -7.27. The number of aliphatic hydroxyl groups excluding tert-OH is 8. The number of carbonyl (C=O) groups excluding carboxylic acids is 2. The van der Waals surface area contributed by atoms with Crippen LogP contribution in [0.2, 0.25) is 0 Å². The predicted octanol–water partition coefficient (Wildman–Crippen LogP) is -0.230. The SMILES string of the molecule is NC(=O)c1cc(O[C@]2(OP(=O)(O[C@@]3(Oc4cc(C(N)=O)cc([N+](=O)[O-])c4)O[C@H](CO)[C@H](O)[C@H](O)[C@H]3O)C(F)(F)c3ccc4ccc(C(F)(F)P(=O)(O)O)cc4c3)O[C@H](CO)[C@H](O)[C@H](O)[C@H]2O)cc([N+](=O)[O-])c1. The highest BCUT2D eigenvalue weighted by Gasteiger charge is 2.71. The molecule has 0 aliphatic carbocycles. The molecule has 72 heavy (non-hydrogen) atoms. The molecule has 0 aromatic heterocycles. The van der Waals surface area contributed by atoms with Gasteiger partial charge >= 0.3 is 38.5 Å². The van der Waals surface area contributed by atoms with Crippen LogP contribution < -0.4 is 20.9 Å². The summed E-state index contributed by atoms with van der Waals surface area (Å²) in [5.74, 6) is -14.0. The zero-order valence-corrected chi connectivity index (χ0v) is 37.4. The number of rotatable bonds is 18. The molecule has 0 spiro atoms. The van der Waals surface area contributed by atoms with E-state index in [2.05, 4.69) is 0 Å². The molecule has 392 valence electrons. The van der Waals surface area contributed by atoms with E-state index in [1.54, 1.807) is 0 Å². The second-order valence-electron chi connectivity index (χ2n) is 15.7. The van der Waals surface area contributed by atoms with E-state index >= 15 is 13.3 Å². The first-order valence-electron chi connectivity index (χ1n) is 19.9. The molecule has 6 rings (SSSR count). The standard InChI is InChI=1S/C38H38F4N4O24P2/c39-35(40,71(61,62)63)19-3-1-15-2-4-20(6-16(15)5-19)36(41,42)72(64,69-37(31(53)29(51)27(49)25(13-47)67-37)65-23-9-17(33(43)55)7-21(11-23)45(57)58)70-38(32(54)30(52)28(50)26(14-48)68-38)66-24-10-18(34(44)56)8-22(12-24)46(59)60/h1-12,25-32,47-54H,13-14H2,(H2,43,55)(H2,44,56)(H2,61,62,63)/t25-,26-,27+,28+,29+,30+,31-,32-,37+,38+/m1/s1. The molecule has 10 atom stereocenters. The highest BCUT2D eigenvalue weighted by molar-refractivity contribution is 7.54. The van der Waals surface area contributed by atoms with Crippen LogP contribution >= 0.6 is 15.2 Å². The van der Waals surface area contributed by atoms with Crippen molar-refractivity contribution in [2.45, 2.75) is 72.1 Å². The fourth-order valence-corrected chi connectivity index (χ4v) is 9.35. The van der Waals surface area contributed by atoms with Crippen molar-refractivity contribution in [1.82, 2.24) is 0 Å². The number of alkyl halides is 4. The van der Waals surface area contributed by atoms with Gasteiger partial charge < -0.3 is 81.1 Å². The Balaban J connectivity index is 1.69. The summed E-state index contributed by atoms with van der Waals surface area (Å²) < 4.78 is 126. The number of nitro groups is 2. The molecule has 0 radical (unpaired) electrons. The molecule has 2 aliphatic heterocycles. The van der Waals surface area contributed by atoms with Gasteiger partial charge in [-0.05, 0) is 35.0 Å². The minimum atomic E-state index is -7.63. The van der Waals surface area contributed by atoms with Gasteiger partial charge in [0.15, 0.2) is 12.2 Å². The Bertz CT molecular complexity index is 2710. The topological polar surface area (TPSA) is 464 Å². The third-order valence-corrected chi connectivity index (χ3v) is 13.8. The molecule has 2 fully saturated rings. The van der Waals surface area contributed by atoms with Crippen LogP contribution in [0.3, 0.4) is 0 Å². The highest BCUT2D eigenvalue weighted by Crippen LogP contribution is 2.72.